The fraction of sp³-hybridized carbons (Fsp3) is 0.833. The molecule has 0 rings (SSSR count). The van der Waals surface area contributed by atoms with Gasteiger partial charge >= 0.3 is 0 Å². The first-order valence-corrected chi connectivity index (χ1v) is 28.0. The number of hydrogen-bond acceptors (Lipinski definition) is 6. The molecule has 1 amide bonds. The summed E-state index contributed by atoms with van der Waals surface area (Å²) < 4.78 is 23.3. The molecule has 8 nitrogen and oxygen atoms in total. The van der Waals surface area contributed by atoms with Gasteiger partial charge in [-0.2, -0.15) is 0 Å². The van der Waals surface area contributed by atoms with E-state index in [1.807, 2.05) is 27.2 Å². The molecule has 0 aliphatic heterocycles. The minimum absolute atomic E-state index is 0.00690. The topological polar surface area (TPSA) is 108 Å². The van der Waals surface area contributed by atoms with Crippen LogP contribution in [-0.4, -0.2) is 68.5 Å². The van der Waals surface area contributed by atoms with Crippen molar-refractivity contribution in [3.8, 4) is 0 Å². The highest BCUT2D eigenvalue weighted by Crippen LogP contribution is 2.38. The lowest BCUT2D eigenvalue weighted by atomic mass is 10.0. The molecule has 370 valence electrons. The Morgan fingerprint density at radius 2 is 0.937 bits per heavy atom. The van der Waals surface area contributed by atoms with E-state index in [4.69, 9.17) is 9.05 Å². The first-order chi connectivity index (χ1) is 30.5. The summed E-state index contributed by atoms with van der Waals surface area (Å²) in [5, 5.41) is 13.8. The third-order valence-corrected chi connectivity index (χ3v) is 12.7. The Labute approximate surface area is 390 Å². The largest absolute Gasteiger partial charge is 0.756 e. The number of quaternary nitrogens is 1. The molecule has 9 heteroatoms. The number of aliphatic hydroxyl groups is 1. The van der Waals surface area contributed by atoms with E-state index < -0.39 is 26.6 Å². The van der Waals surface area contributed by atoms with Crippen LogP contribution in [0.25, 0.3) is 0 Å². The summed E-state index contributed by atoms with van der Waals surface area (Å²) in [5.41, 5.74) is 0. The maximum absolute atomic E-state index is 12.9. The number of amides is 1. The Morgan fingerprint density at radius 3 is 1.38 bits per heavy atom. The number of aliphatic hydroxyl groups excluding tert-OH is 1. The summed E-state index contributed by atoms with van der Waals surface area (Å²) in [6, 6.07) is -0.904. The Hall–Kier alpha value is -1.54. The highest BCUT2D eigenvalue weighted by molar-refractivity contribution is 7.45. The van der Waals surface area contributed by atoms with E-state index in [1.54, 1.807) is 6.08 Å². The Kier molecular flexibility index (Phi) is 44.5. The molecule has 63 heavy (non-hydrogen) atoms. The third-order valence-electron chi connectivity index (χ3n) is 11.8. The Balaban J connectivity index is 4.26. The van der Waals surface area contributed by atoms with Gasteiger partial charge in [-0.15, -0.1) is 0 Å². The number of nitrogens with zero attached hydrogens (tertiary/aromatic N) is 1. The molecule has 0 bridgehead atoms. The zero-order valence-corrected chi connectivity index (χ0v) is 42.9. The fourth-order valence-corrected chi connectivity index (χ4v) is 8.28. The van der Waals surface area contributed by atoms with E-state index in [1.165, 1.54) is 173 Å². The van der Waals surface area contributed by atoms with Gasteiger partial charge < -0.3 is 28.8 Å². The van der Waals surface area contributed by atoms with Crippen molar-refractivity contribution in [2.45, 2.75) is 251 Å². The second-order valence-corrected chi connectivity index (χ2v) is 20.6. The SMILES string of the molecule is CCCCCCC/C=C\C/C=C\CCCCCCCCCCCCCCCC(=O)NC(COP(=O)([O-])OCC[N+](C)(C)C)C(O)/C=C/CC/C=C/CCCCCCCCCCCC. The van der Waals surface area contributed by atoms with Gasteiger partial charge in [-0.1, -0.05) is 217 Å². The van der Waals surface area contributed by atoms with Crippen LogP contribution in [0.2, 0.25) is 0 Å². The molecule has 0 aromatic rings. The van der Waals surface area contributed by atoms with Gasteiger partial charge in [0.25, 0.3) is 7.82 Å². The van der Waals surface area contributed by atoms with Gasteiger partial charge in [0.15, 0.2) is 0 Å². The predicted octanol–water partition coefficient (Wildman–Crippen LogP) is 15.0. The molecule has 0 fully saturated rings. The lowest BCUT2D eigenvalue weighted by Gasteiger charge is -2.29. The van der Waals surface area contributed by atoms with E-state index in [9.17, 15) is 19.4 Å². The molecule has 0 saturated heterocycles. The molecule has 0 aliphatic rings. The second kappa shape index (κ2) is 45.6. The summed E-state index contributed by atoms with van der Waals surface area (Å²) in [4.78, 5) is 25.4. The highest BCUT2D eigenvalue weighted by Gasteiger charge is 2.23. The van der Waals surface area contributed by atoms with Crippen molar-refractivity contribution in [3.63, 3.8) is 0 Å². The van der Waals surface area contributed by atoms with Crippen LogP contribution in [0, 0.1) is 0 Å². The first-order valence-electron chi connectivity index (χ1n) is 26.5. The lowest BCUT2D eigenvalue weighted by molar-refractivity contribution is -0.870. The van der Waals surface area contributed by atoms with E-state index in [0.717, 1.165) is 44.9 Å². The smallest absolute Gasteiger partial charge is 0.268 e. The molecule has 3 atom stereocenters. The Bertz CT molecular complexity index is 1170. The average Bonchev–Trinajstić information content (AvgIpc) is 3.24. The monoisotopic (exact) mass is 907 g/mol. The van der Waals surface area contributed by atoms with E-state index >= 15 is 0 Å². The molecule has 0 heterocycles. The minimum Gasteiger partial charge on any atom is -0.756 e. The molecular weight excluding hydrogens is 804 g/mol. The van der Waals surface area contributed by atoms with Crippen LogP contribution in [0.1, 0.15) is 239 Å². The second-order valence-electron chi connectivity index (χ2n) is 19.2. The normalized spacial score (nSPS) is 14.5. The summed E-state index contributed by atoms with van der Waals surface area (Å²) in [5.74, 6) is -0.208. The third kappa shape index (κ3) is 48.2. The van der Waals surface area contributed by atoms with Crippen LogP contribution in [0.15, 0.2) is 48.6 Å². The zero-order valence-electron chi connectivity index (χ0n) is 42.0. The van der Waals surface area contributed by atoms with Crippen LogP contribution >= 0.6 is 7.82 Å². The number of phosphoric ester groups is 1. The number of rotatable bonds is 48. The maximum Gasteiger partial charge on any atom is 0.268 e. The van der Waals surface area contributed by atoms with E-state index in [-0.39, 0.29) is 12.5 Å². The van der Waals surface area contributed by atoms with E-state index in [2.05, 4.69) is 55.6 Å². The van der Waals surface area contributed by atoms with Crippen LogP contribution in [0.5, 0.6) is 0 Å². The summed E-state index contributed by atoms with van der Waals surface area (Å²) >= 11 is 0. The van der Waals surface area contributed by atoms with Gasteiger partial charge in [0.2, 0.25) is 5.91 Å². The molecule has 0 aromatic carbocycles. The molecule has 3 unspecified atom stereocenters. The van der Waals surface area contributed by atoms with Crippen LogP contribution in [-0.2, 0) is 18.4 Å². The maximum atomic E-state index is 12.9. The first kappa shape index (κ1) is 61.5. The van der Waals surface area contributed by atoms with Gasteiger partial charge in [-0.25, -0.2) is 0 Å². The number of allylic oxidation sites excluding steroid dienone is 7. The predicted molar refractivity (Wildman–Crippen MR) is 270 cm³/mol. The Morgan fingerprint density at radius 1 is 0.556 bits per heavy atom. The van der Waals surface area contributed by atoms with Crippen LogP contribution in [0.3, 0.4) is 0 Å². The highest BCUT2D eigenvalue weighted by atomic mass is 31.2. The zero-order chi connectivity index (χ0) is 46.4. The average molecular weight is 907 g/mol. The molecule has 2 N–H and O–H groups in total. The number of unbranched alkanes of at least 4 members (excludes halogenated alkanes) is 29. The molecule has 0 spiro atoms. The summed E-state index contributed by atoms with van der Waals surface area (Å²) in [7, 11) is 1.24. The van der Waals surface area contributed by atoms with E-state index in [0.29, 0.717) is 17.4 Å². The van der Waals surface area contributed by atoms with Crippen molar-refractivity contribution in [1.29, 1.82) is 0 Å². The van der Waals surface area contributed by atoms with Gasteiger partial charge in [0.05, 0.1) is 39.9 Å². The number of nitrogens with one attached hydrogen (secondary N) is 1. The van der Waals surface area contributed by atoms with Crippen molar-refractivity contribution in [3.05, 3.63) is 48.6 Å². The number of phosphoric acid groups is 1. The van der Waals surface area contributed by atoms with Gasteiger partial charge in [0, 0.05) is 6.42 Å². The molecule has 0 aromatic heterocycles. The van der Waals surface area contributed by atoms with Crippen molar-refractivity contribution >= 4 is 13.7 Å². The van der Waals surface area contributed by atoms with Crippen LogP contribution < -0.4 is 10.2 Å². The minimum atomic E-state index is -4.60. The van der Waals surface area contributed by atoms with Gasteiger partial charge in [-0.3, -0.25) is 9.36 Å². The van der Waals surface area contributed by atoms with Crippen molar-refractivity contribution in [2.75, 3.05) is 40.9 Å². The summed E-state index contributed by atoms with van der Waals surface area (Å²) in [6.45, 7) is 4.63. The quantitative estimate of drug-likeness (QED) is 0.0272. The number of likely N-dealkylation sites (N-methyl/N-ethyl adjacent to an activating group) is 1. The van der Waals surface area contributed by atoms with Crippen molar-refractivity contribution in [1.82, 2.24) is 5.32 Å². The number of hydrogen-bond donors (Lipinski definition) is 2. The molecule has 0 radical (unpaired) electrons. The molecule has 0 saturated carbocycles. The van der Waals surface area contributed by atoms with Gasteiger partial charge in [0.1, 0.15) is 13.2 Å². The fourth-order valence-electron chi connectivity index (χ4n) is 7.55. The standard InChI is InChI=1S/C54H103N2O6P/c1-6-8-10-12-14-16-18-20-22-24-25-26-27-28-29-30-31-32-34-36-38-40-42-44-46-48-54(58)55-52(51-62-63(59,60)61-50-49-56(3,4)5)53(57)47-45-43-41-39-37-35-33-23-21-19-17-15-13-11-9-7-2/h18,20,24-25,37,39,45,47,52-53,57H,6-17,19,21-23,26-36,38,40-44,46,48-51H2,1-5H3,(H-,55,58,59,60)/b20-18-,25-24-,39-37+,47-45+. The van der Waals surface area contributed by atoms with Crippen LogP contribution in [0.4, 0.5) is 0 Å². The molecule has 0 aliphatic carbocycles. The number of carbonyl (C=O) groups excluding carboxylic acids is 1. The lowest BCUT2D eigenvalue weighted by Crippen LogP contribution is -2.45. The number of carbonyl (C=O) groups is 1. The van der Waals surface area contributed by atoms with Gasteiger partial charge in [-0.05, 0) is 64.2 Å². The summed E-state index contributed by atoms with van der Waals surface area (Å²) in [6.07, 6.45) is 58.9. The van der Waals surface area contributed by atoms with Crippen molar-refractivity contribution < 1.29 is 32.9 Å². The van der Waals surface area contributed by atoms with Crippen molar-refractivity contribution in [2.24, 2.45) is 0 Å². The molecular formula is C54H103N2O6P.